The van der Waals surface area contributed by atoms with E-state index in [0.29, 0.717) is 10.0 Å². The lowest BCUT2D eigenvalue weighted by Gasteiger charge is -1.91. The summed E-state index contributed by atoms with van der Waals surface area (Å²) in [4.78, 5) is 15.1. The van der Waals surface area contributed by atoms with Crippen molar-refractivity contribution in [2.75, 3.05) is 5.32 Å². The lowest BCUT2D eigenvalue weighted by atomic mass is 10.1. The number of hydrogen-bond acceptors (Lipinski definition) is 3. The van der Waals surface area contributed by atoms with Crippen LogP contribution in [0.15, 0.2) is 6.20 Å². The molecule has 5 heteroatoms. The summed E-state index contributed by atoms with van der Waals surface area (Å²) in [5, 5.41) is 3.08. The van der Waals surface area contributed by atoms with Gasteiger partial charge in [0, 0.05) is 0 Å². The van der Waals surface area contributed by atoms with E-state index in [1.54, 1.807) is 6.20 Å². The molecule has 0 saturated carbocycles. The molecule has 1 aromatic heterocycles. The molecular formula is C6H5BN2OS. The van der Waals surface area contributed by atoms with Crippen LogP contribution in [0.4, 0.5) is 9.93 Å². The molecule has 0 aliphatic carbocycles. The zero-order valence-electron chi connectivity index (χ0n) is 5.92. The van der Waals surface area contributed by atoms with Crippen LogP contribution < -0.4 is 5.32 Å². The summed E-state index contributed by atoms with van der Waals surface area (Å²) in [5.41, 5.74) is 0. The predicted octanol–water partition coefficient (Wildman–Crippen LogP) is 0.289. The Hall–Kier alpha value is -1.28. The Morgan fingerprint density at radius 3 is 3.09 bits per heavy atom. The Morgan fingerprint density at radius 1 is 1.91 bits per heavy atom. The molecule has 1 aromatic rings. The van der Waals surface area contributed by atoms with Crippen LogP contribution in [0.5, 0.6) is 0 Å². The van der Waals surface area contributed by atoms with Crippen molar-refractivity contribution in [3.63, 3.8) is 0 Å². The van der Waals surface area contributed by atoms with Gasteiger partial charge >= 0.3 is 0 Å². The third-order valence-electron chi connectivity index (χ3n) is 0.931. The van der Waals surface area contributed by atoms with Crippen LogP contribution in [0.3, 0.4) is 0 Å². The number of nitrogens with zero attached hydrogens (tertiary/aromatic N) is 1. The van der Waals surface area contributed by atoms with Crippen LogP contribution in [0, 0.1) is 12.3 Å². The first kappa shape index (κ1) is 7.83. The van der Waals surface area contributed by atoms with Crippen LogP contribution >= 0.6 is 11.3 Å². The lowest BCUT2D eigenvalue weighted by molar-refractivity contribution is 0.269. The largest absolute Gasteiger partial charge is 0.311 e. The molecule has 1 N–H and O–H groups in total. The molecule has 1 heterocycles. The van der Waals surface area contributed by atoms with Gasteiger partial charge in [-0.1, -0.05) is 17.3 Å². The molecule has 0 radical (unpaired) electrons. The highest BCUT2D eigenvalue weighted by atomic mass is 32.1. The fourth-order valence-corrected chi connectivity index (χ4v) is 1.22. The second kappa shape index (κ2) is 3.22. The van der Waals surface area contributed by atoms with Crippen molar-refractivity contribution in [2.45, 2.75) is 0 Å². The number of thiazole rings is 1. The van der Waals surface area contributed by atoms with Crippen molar-refractivity contribution in [3.05, 3.63) is 11.1 Å². The van der Waals surface area contributed by atoms with Crippen molar-refractivity contribution in [1.29, 1.82) is 0 Å². The summed E-state index contributed by atoms with van der Waals surface area (Å²) in [6.45, 7) is 0. The normalized spacial score (nSPS) is 8.64. The Morgan fingerprint density at radius 2 is 2.64 bits per heavy atom. The van der Waals surface area contributed by atoms with E-state index in [1.807, 2.05) is 0 Å². The molecule has 0 saturated heterocycles. The minimum atomic E-state index is -0.136. The van der Waals surface area contributed by atoms with Crippen LogP contribution in [-0.2, 0) is 0 Å². The third-order valence-corrected chi connectivity index (χ3v) is 1.77. The highest BCUT2D eigenvalue weighted by molar-refractivity contribution is 7.16. The van der Waals surface area contributed by atoms with E-state index in [2.05, 4.69) is 16.2 Å². The summed E-state index contributed by atoms with van der Waals surface area (Å²) < 4.78 is 0. The highest BCUT2D eigenvalue weighted by Crippen LogP contribution is 2.15. The quantitative estimate of drug-likeness (QED) is 0.478. The van der Waals surface area contributed by atoms with Gasteiger partial charge < -0.3 is 5.32 Å². The molecule has 0 aliphatic heterocycles. The number of terminal acetylenes is 1. The van der Waals surface area contributed by atoms with Gasteiger partial charge in [0.25, 0.3) is 0 Å². The molecule has 11 heavy (non-hydrogen) atoms. The number of hydrogen-bond donors (Lipinski definition) is 1. The van der Waals surface area contributed by atoms with E-state index >= 15 is 0 Å². The van der Waals surface area contributed by atoms with Crippen LogP contribution in [0.25, 0.3) is 0 Å². The van der Waals surface area contributed by atoms with Gasteiger partial charge in [0.15, 0.2) is 10.9 Å². The number of nitrogens with one attached hydrogen (secondary N) is 1. The topological polar surface area (TPSA) is 42.0 Å². The lowest BCUT2D eigenvalue weighted by Crippen LogP contribution is -2.07. The Balaban J connectivity index is 2.75. The van der Waals surface area contributed by atoms with Gasteiger partial charge in [-0.25, -0.2) is 4.98 Å². The first-order chi connectivity index (χ1) is 5.22. The first-order valence-corrected chi connectivity index (χ1v) is 3.74. The summed E-state index contributed by atoms with van der Waals surface area (Å²) in [6.07, 6.45) is 6.65. The molecule has 0 aliphatic rings. The van der Waals surface area contributed by atoms with Gasteiger partial charge in [-0.3, -0.25) is 4.79 Å². The summed E-state index contributed by atoms with van der Waals surface area (Å²) in [7, 11) is 1.43. The molecule has 0 aromatic carbocycles. The minimum absolute atomic E-state index is 0.136. The maximum absolute atomic E-state index is 10.5. The van der Waals surface area contributed by atoms with Crippen LogP contribution in [0.1, 0.15) is 4.88 Å². The van der Waals surface area contributed by atoms with Crippen LogP contribution in [0.2, 0.25) is 0 Å². The number of aromatic nitrogens is 1. The van der Waals surface area contributed by atoms with Gasteiger partial charge in [0.2, 0.25) is 7.85 Å². The molecule has 0 spiro atoms. The van der Waals surface area contributed by atoms with E-state index in [4.69, 9.17) is 6.42 Å². The maximum Gasteiger partial charge on any atom is 0.216 e. The number of anilines is 1. The van der Waals surface area contributed by atoms with Gasteiger partial charge in [-0.2, -0.15) is 0 Å². The van der Waals surface area contributed by atoms with E-state index in [0.717, 1.165) is 0 Å². The summed E-state index contributed by atoms with van der Waals surface area (Å²) in [6, 6.07) is 0. The highest BCUT2D eigenvalue weighted by Gasteiger charge is 1.99. The average Bonchev–Trinajstić information content (AvgIpc) is 2.34. The second-order valence-electron chi connectivity index (χ2n) is 1.86. The molecule has 54 valence electrons. The molecule has 0 bridgehead atoms. The minimum Gasteiger partial charge on any atom is -0.311 e. The number of amides is 1. The summed E-state index contributed by atoms with van der Waals surface area (Å²) >= 11 is 1.28. The zero-order chi connectivity index (χ0) is 8.27. The van der Waals surface area contributed by atoms with Crippen molar-refractivity contribution in [2.24, 2.45) is 0 Å². The SMILES string of the molecule is BC(=O)Nc1ncc(C#C)s1. The van der Waals surface area contributed by atoms with Gasteiger partial charge in [0.05, 0.1) is 11.1 Å². The van der Waals surface area contributed by atoms with E-state index in [1.165, 1.54) is 19.2 Å². The number of rotatable bonds is 1. The third kappa shape index (κ3) is 2.09. The number of carbonyl (C=O) groups excluding carboxylic acids is 1. The Bertz CT molecular complexity index is 315. The van der Waals surface area contributed by atoms with E-state index in [-0.39, 0.29) is 5.81 Å². The molecule has 3 nitrogen and oxygen atoms in total. The first-order valence-electron chi connectivity index (χ1n) is 2.92. The zero-order valence-corrected chi connectivity index (χ0v) is 6.73. The van der Waals surface area contributed by atoms with Crippen molar-refractivity contribution < 1.29 is 4.79 Å². The van der Waals surface area contributed by atoms with Gasteiger partial charge in [0.1, 0.15) is 0 Å². The standard InChI is InChI=1S/C6H5BN2OS/c1-2-4-3-8-6(11-4)9-5(7)10/h1,3H,7H2,(H,8,9,10). The second-order valence-corrected chi connectivity index (χ2v) is 2.89. The molecule has 1 amide bonds. The fourth-order valence-electron chi connectivity index (χ4n) is 0.549. The Kier molecular flexibility index (Phi) is 2.29. The van der Waals surface area contributed by atoms with Crippen molar-refractivity contribution in [1.82, 2.24) is 4.98 Å². The summed E-state index contributed by atoms with van der Waals surface area (Å²) in [5.74, 6) is 2.29. The fraction of sp³-hybridized carbons (Fsp3) is 0. The van der Waals surface area contributed by atoms with E-state index in [9.17, 15) is 4.79 Å². The average molecular weight is 164 g/mol. The van der Waals surface area contributed by atoms with E-state index < -0.39 is 0 Å². The van der Waals surface area contributed by atoms with Gasteiger partial charge in [-0.05, 0) is 0 Å². The maximum atomic E-state index is 10.5. The van der Waals surface area contributed by atoms with Gasteiger partial charge in [-0.15, -0.1) is 6.42 Å². The molecule has 0 fully saturated rings. The smallest absolute Gasteiger partial charge is 0.216 e. The molecule has 0 unspecified atom stereocenters. The molecule has 1 rings (SSSR count). The van der Waals surface area contributed by atoms with Crippen LogP contribution in [-0.4, -0.2) is 18.6 Å². The monoisotopic (exact) mass is 164 g/mol. The molecular weight excluding hydrogens is 159 g/mol. The van der Waals surface area contributed by atoms with Crippen molar-refractivity contribution in [3.8, 4) is 12.3 Å². The number of carbonyl (C=O) groups is 1. The molecule has 0 atom stereocenters. The predicted molar refractivity (Wildman–Crippen MR) is 47.6 cm³/mol. The Labute approximate surface area is 69.2 Å². The van der Waals surface area contributed by atoms with Crippen molar-refractivity contribution >= 4 is 30.1 Å².